The summed E-state index contributed by atoms with van der Waals surface area (Å²) >= 11 is 7.32. The van der Waals surface area contributed by atoms with E-state index in [0.29, 0.717) is 0 Å². The molecule has 2 aromatic heterocycles. The lowest BCUT2D eigenvalue weighted by molar-refractivity contribution is 0.617. The van der Waals surface area contributed by atoms with Gasteiger partial charge in [-0.05, 0) is 12.1 Å². The molecule has 0 fully saturated rings. The molecule has 14 heavy (non-hydrogen) atoms. The quantitative estimate of drug-likeness (QED) is 0.553. The predicted octanol–water partition coefficient (Wildman–Crippen LogP) is 1.68. The van der Waals surface area contributed by atoms with E-state index in [1.54, 1.807) is 12.4 Å². The van der Waals surface area contributed by atoms with Gasteiger partial charge in [0, 0.05) is 17.3 Å². The summed E-state index contributed by atoms with van der Waals surface area (Å²) in [7, 11) is 0. The Morgan fingerprint density at radius 1 is 1.57 bits per heavy atom. The number of rotatable bonds is 3. The van der Waals surface area contributed by atoms with Gasteiger partial charge in [-0.25, -0.2) is 10.4 Å². The number of hydrazine groups is 1. The van der Waals surface area contributed by atoms with Crippen LogP contribution in [0.1, 0.15) is 16.7 Å². The minimum Gasteiger partial charge on any atom is -0.347 e. The van der Waals surface area contributed by atoms with Crippen LogP contribution in [0.15, 0.2) is 24.5 Å². The van der Waals surface area contributed by atoms with E-state index in [9.17, 15) is 0 Å². The van der Waals surface area contributed by atoms with E-state index in [1.807, 2.05) is 12.1 Å². The molecule has 2 rings (SSSR count). The largest absolute Gasteiger partial charge is 0.347 e. The highest BCUT2D eigenvalue weighted by Crippen LogP contribution is 2.28. The van der Waals surface area contributed by atoms with Gasteiger partial charge in [0.25, 0.3) is 0 Å². The van der Waals surface area contributed by atoms with Gasteiger partial charge in [0.15, 0.2) is 0 Å². The number of aromatic amines is 1. The van der Waals surface area contributed by atoms with Crippen molar-refractivity contribution in [2.24, 2.45) is 5.84 Å². The van der Waals surface area contributed by atoms with Gasteiger partial charge in [0.05, 0.1) is 4.34 Å². The van der Waals surface area contributed by atoms with E-state index in [4.69, 9.17) is 17.4 Å². The summed E-state index contributed by atoms with van der Waals surface area (Å²) in [5, 5.41) is 0. The minimum absolute atomic E-state index is 0.123. The van der Waals surface area contributed by atoms with Crippen molar-refractivity contribution in [1.29, 1.82) is 0 Å². The number of nitrogens with one attached hydrogen (secondary N) is 2. The normalized spacial score (nSPS) is 13.0. The molecular formula is C8H9ClN4S. The second-order valence-corrected chi connectivity index (χ2v) is 4.46. The van der Waals surface area contributed by atoms with Crippen LogP contribution in [-0.4, -0.2) is 9.97 Å². The van der Waals surface area contributed by atoms with Gasteiger partial charge in [-0.3, -0.25) is 5.84 Å². The molecule has 0 amide bonds. The average molecular weight is 229 g/mol. The lowest BCUT2D eigenvalue weighted by Crippen LogP contribution is -2.28. The van der Waals surface area contributed by atoms with E-state index < -0.39 is 0 Å². The van der Waals surface area contributed by atoms with Crippen molar-refractivity contribution in [2.75, 3.05) is 0 Å². The maximum atomic E-state index is 5.84. The Kier molecular flexibility index (Phi) is 2.83. The van der Waals surface area contributed by atoms with Crippen LogP contribution in [0.25, 0.3) is 0 Å². The fourth-order valence-electron chi connectivity index (χ4n) is 1.21. The summed E-state index contributed by atoms with van der Waals surface area (Å²) in [5.74, 6) is 6.24. The molecule has 2 aromatic rings. The molecule has 0 spiro atoms. The summed E-state index contributed by atoms with van der Waals surface area (Å²) in [6.07, 6.45) is 3.45. The first-order valence-corrected chi connectivity index (χ1v) is 5.21. The fourth-order valence-corrected chi connectivity index (χ4v) is 2.34. The third kappa shape index (κ3) is 1.80. The molecule has 0 aliphatic rings. The number of nitrogens with two attached hydrogens (primary N) is 1. The van der Waals surface area contributed by atoms with Crippen molar-refractivity contribution >= 4 is 22.9 Å². The van der Waals surface area contributed by atoms with Crippen LogP contribution in [0.2, 0.25) is 4.34 Å². The summed E-state index contributed by atoms with van der Waals surface area (Å²) in [4.78, 5) is 8.18. The Morgan fingerprint density at radius 2 is 2.43 bits per heavy atom. The number of aromatic nitrogens is 2. The molecule has 4 N–H and O–H groups in total. The number of imidazole rings is 1. The second-order valence-electron chi connectivity index (χ2n) is 2.72. The average Bonchev–Trinajstić information content (AvgIpc) is 2.79. The van der Waals surface area contributed by atoms with Crippen molar-refractivity contribution < 1.29 is 0 Å². The Morgan fingerprint density at radius 3 is 2.93 bits per heavy atom. The summed E-state index contributed by atoms with van der Waals surface area (Å²) < 4.78 is 0.742. The maximum Gasteiger partial charge on any atom is 0.129 e. The van der Waals surface area contributed by atoms with Crippen LogP contribution < -0.4 is 11.3 Å². The first-order valence-electron chi connectivity index (χ1n) is 4.02. The summed E-state index contributed by atoms with van der Waals surface area (Å²) in [6, 6.07) is 3.65. The van der Waals surface area contributed by atoms with Crippen LogP contribution in [0.3, 0.4) is 0 Å². The molecule has 0 aromatic carbocycles. The Bertz CT molecular complexity index is 397. The Labute approximate surface area is 90.1 Å². The number of thiophene rings is 1. The van der Waals surface area contributed by atoms with Crippen molar-refractivity contribution in [3.8, 4) is 0 Å². The number of hydrogen-bond donors (Lipinski definition) is 3. The third-order valence-corrected chi connectivity index (χ3v) is 3.13. The molecule has 4 nitrogen and oxygen atoms in total. The molecule has 1 atom stereocenters. The lowest BCUT2D eigenvalue weighted by Gasteiger charge is -2.10. The van der Waals surface area contributed by atoms with E-state index in [2.05, 4.69) is 15.4 Å². The van der Waals surface area contributed by atoms with E-state index in [0.717, 1.165) is 15.0 Å². The van der Waals surface area contributed by atoms with Gasteiger partial charge >= 0.3 is 0 Å². The monoisotopic (exact) mass is 228 g/mol. The second kappa shape index (κ2) is 4.10. The lowest BCUT2D eigenvalue weighted by atomic mass is 10.2. The first-order chi connectivity index (χ1) is 6.81. The van der Waals surface area contributed by atoms with Gasteiger partial charge in [-0.1, -0.05) is 11.6 Å². The van der Waals surface area contributed by atoms with Crippen molar-refractivity contribution in [3.05, 3.63) is 39.6 Å². The fraction of sp³-hybridized carbons (Fsp3) is 0.125. The minimum atomic E-state index is -0.123. The third-order valence-electron chi connectivity index (χ3n) is 1.84. The maximum absolute atomic E-state index is 5.84. The number of nitrogens with zero attached hydrogens (tertiary/aromatic N) is 1. The predicted molar refractivity (Wildman–Crippen MR) is 57.1 cm³/mol. The molecular weight excluding hydrogens is 220 g/mol. The van der Waals surface area contributed by atoms with Crippen LogP contribution in [-0.2, 0) is 0 Å². The van der Waals surface area contributed by atoms with Crippen molar-refractivity contribution in [3.63, 3.8) is 0 Å². The molecule has 0 saturated carbocycles. The molecule has 6 heteroatoms. The molecule has 0 aliphatic heterocycles. The van der Waals surface area contributed by atoms with E-state index in [-0.39, 0.29) is 6.04 Å². The van der Waals surface area contributed by atoms with E-state index in [1.165, 1.54) is 11.3 Å². The number of halogens is 1. The first kappa shape index (κ1) is 9.67. The highest BCUT2D eigenvalue weighted by atomic mass is 35.5. The molecule has 2 heterocycles. The van der Waals surface area contributed by atoms with Gasteiger partial charge in [0.1, 0.15) is 11.9 Å². The molecule has 74 valence electrons. The van der Waals surface area contributed by atoms with Crippen LogP contribution >= 0.6 is 22.9 Å². The highest BCUT2D eigenvalue weighted by molar-refractivity contribution is 7.16. The van der Waals surface area contributed by atoms with Crippen LogP contribution in [0, 0.1) is 0 Å². The van der Waals surface area contributed by atoms with Crippen LogP contribution in [0.4, 0.5) is 0 Å². The zero-order valence-electron chi connectivity index (χ0n) is 7.20. The number of H-pyrrole nitrogens is 1. The topological polar surface area (TPSA) is 66.7 Å². The molecule has 1 unspecified atom stereocenters. The van der Waals surface area contributed by atoms with E-state index >= 15 is 0 Å². The zero-order chi connectivity index (χ0) is 9.97. The molecule has 0 saturated heterocycles. The molecule has 0 radical (unpaired) electrons. The van der Waals surface area contributed by atoms with Crippen LogP contribution in [0.5, 0.6) is 0 Å². The standard InChI is InChI=1S/C8H9ClN4S/c9-6-2-1-5(14-6)7(13-10)8-11-3-4-12-8/h1-4,7,13H,10H2,(H,11,12). The number of hydrogen-bond acceptors (Lipinski definition) is 4. The zero-order valence-corrected chi connectivity index (χ0v) is 8.77. The summed E-state index contributed by atoms with van der Waals surface area (Å²) in [5.41, 5.74) is 2.69. The highest BCUT2D eigenvalue weighted by Gasteiger charge is 2.16. The molecule has 0 aliphatic carbocycles. The molecule has 0 bridgehead atoms. The SMILES string of the molecule is NNC(c1ncc[nH]1)c1ccc(Cl)s1. The van der Waals surface area contributed by atoms with Crippen molar-refractivity contribution in [2.45, 2.75) is 6.04 Å². The Balaban J connectivity index is 2.31. The Hall–Kier alpha value is -0.880. The van der Waals surface area contributed by atoms with Gasteiger partial charge in [0.2, 0.25) is 0 Å². The van der Waals surface area contributed by atoms with Gasteiger partial charge in [-0.2, -0.15) is 0 Å². The van der Waals surface area contributed by atoms with Gasteiger partial charge < -0.3 is 4.98 Å². The smallest absolute Gasteiger partial charge is 0.129 e. The van der Waals surface area contributed by atoms with Crippen molar-refractivity contribution in [1.82, 2.24) is 15.4 Å². The summed E-state index contributed by atoms with van der Waals surface area (Å²) in [6.45, 7) is 0. The van der Waals surface area contributed by atoms with Gasteiger partial charge in [-0.15, -0.1) is 11.3 Å².